The van der Waals surface area contributed by atoms with Gasteiger partial charge in [-0.05, 0) is 30.3 Å². The van der Waals surface area contributed by atoms with Crippen LogP contribution in [0.3, 0.4) is 0 Å². The molecule has 0 radical (unpaired) electrons. The van der Waals surface area contributed by atoms with Gasteiger partial charge in [0, 0.05) is 0 Å². The molecule has 3 rings (SSSR count). The van der Waals surface area contributed by atoms with Crippen LogP contribution in [0.15, 0.2) is 53.6 Å². The maximum absolute atomic E-state index is 12.7. The summed E-state index contributed by atoms with van der Waals surface area (Å²) >= 11 is 1.21. The molecule has 0 aliphatic heterocycles. The van der Waals surface area contributed by atoms with Gasteiger partial charge in [0.05, 0.1) is 21.5 Å². The predicted molar refractivity (Wildman–Crippen MR) is 90.4 cm³/mol. The second-order valence-corrected chi connectivity index (χ2v) is 6.03. The molecule has 0 saturated heterocycles. The average molecular weight is 364 g/mol. The number of hydrogen-bond acceptors (Lipinski definition) is 5. The van der Waals surface area contributed by atoms with E-state index in [9.17, 15) is 18.0 Å². The van der Waals surface area contributed by atoms with Crippen LogP contribution in [0.2, 0.25) is 0 Å². The zero-order valence-electron chi connectivity index (χ0n) is 12.5. The van der Waals surface area contributed by atoms with Gasteiger partial charge in [-0.15, -0.1) is 11.3 Å². The van der Waals surface area contributed by atoms with Crippen molar-refractivity contribution in [1.29, 1.82) is 0 Å². The molecule has 3 aromatic rings. The van der Waals surface area contributed by atoms with Gasteiger partial charge in [-0.2, -0.15) is 18.3 Å². The first-order valence-corrected chi connectivity index (χ1v) is 7.83. The lowest BCUT2D eigenvalue weighted by molar-refractivity contribution is -0.137. The number of fused-ring (bicyclic) bond motifs is 1. The number of benzene rings is 2. The van der Waals surface area contributed by atoms with Crippen LogP contribution >= 0.6 is 11.3 Å². The number of hydrogen-bond donors (Lipinski definition) is 2. The quantitative estimate of drug-likeness (QED) is 0.548. The van der Waals surface area contributed by atoms with Gasteiger partial charge in [0.15, 0.2) is 10.7 Å². The number of nitrogens with zero attached hydrogens (tertiary/aromatic N) is 2. The largest absolute Gasteiger partial charge is 0.416 e. The van der Waals surface area contributed by atoms with Gasteiger partial charge in [-0.3, -0.25) is 10.2 Å². The van der Waals surface area contributed by atoms with Crippen LogP contribution < -0.4 is 11.2 Å². The Morgan fingerprint density at radius 3 is 2.60 bits per heavy atom. The highest BCUT2D eigenvalue weighted by Gasteiger charge is 2.30. The number of anilines is 1. The lowest BCUT2D eigenvalue weighted by Gasteiger charge is -2.08. The molecule has 1 amide bonds. The molecule has 3 N–H and O–H groups in total. The van der Waals surface area contributed by atoms with E-state index in [1.165, 1.54) is 23.5 Å². The third-order valence-corrected chi connectivity index (χ3v) is 4.26. The third kappa shape index (κ3) is 3.77. The highest BCUT2D eigenvalue weighted by Crippen LogP contribution is 2.30. The molecule has 9 heteroatoms. The number of amides is 1. The second kappa shape index (κ2) is 6.52. The van der Waals surface area contributed by atoms with E-state index in [0.717, 1.165) is 16.8 Å². The van der Waals surface area contributed by atoms with Gasteiger partial charge < -0.3 is 5.73 Å². The van der Waals surface area contributed by atoms with Crippen molar-refractivity contribution in [1.82, 2.24) is 4.98 Å². The van der Waals surface area contributed by atoms with E-state index in [-0.39, 0.29) is 16.4 Å². The van der Waals surface area contributed by atoms with Crippen LogP contribution in [0.25, 0.3) is 10.2 Å². The number of thiazole rings is 1. The van der Waals surface area contributed by atoms with E-state index in [1.54, 1.807) is 12.1 Å². The van der Waals surface area contributed by atoms with E-state index in [4.69, 9.17) is 5.73 Å². The van der Waals surface area contributed by atoms with Crippen molar-refractivity contribution >= 4 is 38.9 Å². The Balaban J connectivity index is 1.92. The molecule has 0 aliphatic rings. The van der Waals surface area contributed by atoms with E-state index in [2.05, 4.69) is 15.5 Å². The number of rotatable bonds is 4. The van der Waals surface area contributed by atoms with Gasteiger partial charge in [0.1, 0.15) is 0 Å². The summed E-state index contributed by atoms with van der Waals surface area (Å²) in [6, 6.07) is 11.7. The summed E-state index contributed by atoms with van der Waals surface area (Å²) in [5, 5.41) is 4.14. The Hall–Kier alpha value is -2.94. The van der Waals surface area contributed by atoms with Crippen molar-refractivity contribution < 1.29 is 18.0 Å². The smallest absolute Gasteiger partial charge is 0.364 e. The Bertz CT molecular complexity index is 932. The van der Waals surface area contributed by atoms with Crippen molar-refractivity contribution in [3.63, 3.8) is 0 Å². The van der Waals surface area contributed by atoms with Gasteiger partial charge in [-0.25, -0.2) is 4.98 Å². The number of hydrazone groups is 1. The number of nitrogens with two attached hydrogens (primary N) is 1. The highest BCUT2D eigenvalue weighted by atomic mass is 32.1. The normalized spacial score (nSPS) is 12.4. The topological polar surface area (TPSA) is 80.4 Å². The van der Waals surface area contributed by atoms with Crippen molar-refractivity contribution in [3.05, 3.63) is 59.1 Å². The molecule has 1 heterocycles. The van der Waals surface area contributed by atoms with E-state index < -0.39 is 17.6 Å². The number of nitrogens with one attached hydrogen (secondary N) is 1. The summed E-state index contributed by atoms with van der Waals surface area (Å²) in [5.74, 6) is -0.835. The molecule has 0 saturated carbocycles. The molecule has 25 heavy (non-hydrogen) atoms. The van der Waals surface area contributed by atoms with E-state index in [0.29, 0.717) is 5.52 Å². The minimum Gasteiger partial charge on any atom is -0.364 e. The summed E-state index contributed by atoms with van der Waals surface area (Å²) in [4.78, 5) is 15.9. The maximum Gasteiger partial charge on any atom is 0.416 e. The lowest BCUT2D eigenvalue weighted by atomic mass is 10.2. The second-order valence-electron chi connectivity index (χ2n) is 5.00. The number of aromatic nitrogens is 1. The zero-order chi connectivity index (χ0) is 18.0. The van der Waals surface area contributed by atoms with Crippen LogP contribution in [0.5, 0.6) is 0 Å². The number of para-hydroxylation sites is 1. The summed E-state index contributed by atoms with van der Waals surface area (Å²) < 4.78 is 39.0. The number of primary amides is 1. The molecule has 0 bridgehead atoms. The van der Waals surface area contributed by atoms with Crippen molar-refractivity contribution in [3.8, 4) is 0 Å². The van der Waals surface area contributed by atoms with Gasteiger partial charge in [-0.1, -0.05) is 18.2 Å². The summed E-state index contributed by atoms with van der Waals surface area (Å²) in [6.45, 7) is 0. The molecule has 128 valence electrons. The average Bonchev–Trinajstić information content (AvgIpc) is 2.97. The molecule has 0 fully saturated rings. The van der Waals surface area contributed by atoms with Crippen molar-refractivity contribution in [2.75, 3.05) is 5.43 Å². The van der Waals surface area contributed by atoms with E-state index in [1.807, 2.05) is 12.1 Å². The van der Waals surface area contributed by atoms with Crippen LogP contribution in [-0.4, -0.2) is 16.6 Å². The Morgan fingerprint density at radius 1 is 1.16 bits per heavy atom. The van der Waals surface area contributed by atoms with Crippen LogP contribution in [0.1, 0.15) is 10.6 Å². The number of alkyl halides is 3. The SMILES string of the molecule is NC(=O)C(=NNc1cccc(C(F)(F)F)c1)c1nc2ccccc2s1. The number of carbonyl (C=O) groups is 1. The molecular weight excluding hydrogens is 353 g/mol. The summed E-state index contributed by atoms with van der Waals surface area (Å²) in [5.41, 5.74) is 7.54. The standard InChI is InChI=1S/C16H11F3N4OS/c17-16(18,19)9-4-3-5-10(8-9)22-23-13(14(20)24)15-21-11-6-1-2-7-12(11)25-15/h1-8,22H,(H2,20,24). The van der Waals surface area contributed by atoms with Crippen LogP contribution in [0.4, 0.5) is 18.9 Å². The molecule has 0 atom stereocenters. The minimum atomic E-state index is -4.47. The molecule has 1 aromatic heterocycles. The first-order chi connectivity index (χ1) is 11.8. The maximum atomic E-state index is 12.7. The van der Waals surface area contributed by atoms with Crippen molar-refractivity contribution in [2.24, 2.45) is 10.8 Å². The number of halogens is 3. The van der Waals surface area contributed by atoms with Gasteiger partial charge in [0.25, 0.3) is 5.91 Å². The fourth-order valence-electron chi connectivity index (χ4n) is 2.07. The third-order valence-electron chi connectivity index (χ3n) is 3.22. The summed E-state index contributed by atoms with van der Waals surface area (Å²) in [6.07, 6.45) is -4.47. The monoisotopic (exact) mass is 364 g/mol. The highest BCUT2D eigenvalue weighted by molar-refractivity contribution is 7.21. The molecule has 0 spiro atoms. The number of carbonyl (C=O) groups excluding carboxylic acids is 1. The van der Waals surface area contributed by atoms with E-state index >= 15 is 0 Å². The first kappa shape index (κ1) is 16.9. The van der Waals surface area contributed by atoms with Gasteiger partial charge >= 0.3 is 6.18 Å². The van der Waals surface area contributed by atoms with Crippen LogP contribution in [-0.2, 0) is 11.0 Å². The molecule has 2 aromatic carbocycles. The fourth-order valence-corrected chi connectivity index (χ4v) is 3.03. The van der Waals surface area contributed by atoms with Crippen LogP contribution in [0, 0.1) is 0 Å². The lowest BCUT2D eigenvalue weighted by Crippen LogP contribution is -2.25. The predicted octanol–water partition coefficient (Wildman–Crippen LogP) is 3.62. The molecular formula is C16H11F3N4OS. The fraction of sp³-hybridized carbons (Fsp3) is 0.0625. The Morgan fingerprint density at radius 2 is 1.92 bits per heavy atom. The molecule has 5 nitrogen and oxygen atoms in total. The zero-order valence-corrected chi connectivity index (χ0v) is 13.4. The van der Waals surface area contributed by atoms with Crippen molar-refractivity contribution in [2.45, 2.75) is 6.18 Å². The molecule has 0 aliphatic carbocycles. The Kier molecular flexibility index (Phi) is 4.41. The van der Waals surface area contributed by atoms with Gasteiger partial charge in [0.2, 0.25) is 0 Å². The minimum absolute atomic E-state index is 0.0784. The first-order valence-electron chi connectivity index (χ1n) is 7.01. The molecule has 0 unspecified atom stereocenters. The summed E-state index contributed by atoms with van der Waals surface area (Å²) in [7, 11) is 0. The Labute approximate surface area is 144 Å².